The number of nitrogens with zero attached hydrogens (tertiary/aromatic N) is 1. The van der Waals surface area contributed by atoms with Gasteiger partial charge in [0.15, 0.2) is 0 Å². The molecule has 6 nitrogen and oxygen atoms in total. The Morgan fingerprint density at radius 3 is 2.81 bits per heavy atom. The van der Waals surface area contributed by atoms with Gasteiger partial charge >= 0.3 is 0 Å². The van der Waals surface area contributed by atoms with E-state index in [1.165, 1.54) is 19.2 Å². The van der Waals surface area contributed by atoms with E-state index in [4.69, 9.17) is 0 Å². The third-order valence-corrected chi connectivity index (χ3v) is 1.90. The molecule has 0 aliphatic rings. The van der Waals surface area contributed by atoms with E-state index in [9.17, 15) is 14.9 Å². The average molecular weight is 224 g/mol. The highest BCUT2D eigenvalue weighted by Crippen LogP contribution is 2.25. The number of benzene rings is 1. The summed E-state index contributed by atoms with van der Waals surface area (Å²) in [5.41, 5.74) is 0.818. The van der Waals surface area contributed by atoms with Crippen molar-refractivity contribution in [3.05, 3.63) is 33.9 Å². The predicted molar refractivity (Wildman–Crippen MR) is 58.3 cm³/mol. The summed E-state index contributed by atoms with van der Waals surface area (Å²) in [5.74, 6) is -0.422. The standard InChI is InChI=1S/C10H12N2O4/c1-7-3-4-8(9(5-7)12(14)15)11-10(13)6-16-2/h3-5H,6H2,1-2H3,(H,11,13). The molecule has 0 spiro atoms. The van der Waals surface area contributed by atoms with E-state index in [0.717, 1.165) is 5.56 Å². The predicted octanol–water partition coefficient (Wildman–Crippen LogP) is 1.49. The van der Waals surface area contributed by atoms with Crippen LogP contribution in [0.4, 0.5) is 11.4 Å². The van der Waals surface area contributed by atoms with Crippen LogP contribution in [0.25, 0.3) is 0 Å². The van der Waals surface area contributed by atoms with Crippen molar-refractivity contribution < 1.29 is 14.5 Å². The molecule has 0 aliphatic heterocycles. The number of amides is 1. The molecule has 0 unspecified atom stereocenters. The van der Waals surface area contributed by atoms with E-state index in [-0.39, 0.29) is 18.0 Å². The zero-order valence-electron chi connectivity index (χ0n) is 9.02. The van der Waals surface area contributed by atoms with Crippen molar-refractivity contribution in [1.82, 2.24) is 0 Å². The molecule has 86 valence electrons. The minimum Gasteiger partial charge on any atom is -0.375 e. The van der Waals surface area contributed by atoms with Gasteiger partial charge in [0.25, 0.3) is 11.6 Å². The molecule has 0 atom stereocenters. The zero-order valence-corrected chi connectivity index (χ0v) is 9.02. The van der Waals surface area contributed by atoms with Crippen LogP contribution in [0.15, 0.2) is 18.2 Å². The number of hydrogen-bond donors (Lipinski definition) is 1. The van der Waals surface area contributed by atoms with Crippen molar-refractivity contribution in [2.24, 2.45) is 0 Å². The molecular formula is C10H12N2O4. The summed E-state index contributed by atoms with van der Waals surface area (Å²) in [6.45, 7) is 1.61. The van der Waals surface area contributed by atoms with Crippen molar-refractivity contribution in [3.8, 4) is 0 Å². The van der Waals surface area contributed by atoms with Crippen LogP contribution in [0, 0.1) is 17.0 Å². The van der Waals surface area contributed by atoms with Gasteiger partial charge in [-0.2, -0.15) is 0 Å². The number of nitrogens with one attached hydrogen (secondary N) is 1. The molecule has 0 fully saturated rings. The fraction of sp³-hybridized carbons (Fsp3) is 0.300. The molecule has 1 aromatic carbocycles. The molecule has 0 heterocycles. The summed E-state index contributed by atoms with van der Waals surface area (Å²) in [6.07, 6.45) is 0. The van der Waals surface area contributed by atoms with Gasteiger partial charge in [0.2, 0.25) is 0 Å². The molecule has 0 aliphatic carbocycles. The molecule has 0 saturated carbocycles. The molecule has 0 radical (unpaired) electrons. The highest BCUT2D eigenvalue weighted by molar-refractivity contribution is 5.93. The number of nitro benzene ring substituents is 1. The van der Waals surface area contributed by atoms with Crippen LogP contribution >= 0.6 is 0 Å². The van der Waals surface area contributed by atoms with Crippen LogP contribution < -0.4 is 5.32 Å². The Hall–Kier alpha value is -1.95. The van der Waals surface area contributed by atoms with Gasteiger partial charge in [-0.1, -0.05) is 6.07 Å². The lowest BCUT2D eigenvalue weighted by atomic mass is 10.2. The quantitative estimate of drug-likeness (QED) is 0.620. The van der Waals surface area contributed by atoms with Crippen LogP contribution in [0.2, 0.25) is 0 Å². The first-order chi connectivity index (χ1) is 7.54. The normalized spacial score (nSPS) is 9.88. The summed E-state index contributed by atoms with van der Waals surface area (Å²) in [7, 11) is 1.38. The first-order valence-corrected chi connectivity index (χ1v) is 4.58. The van der Waals surface area contributed by atoms with Gasteiger partial charge in [-0.25, -0.2) is 0 Å². The zero-order chi connectivity index (χ0) is 12.1. The molecule has 16 heavy (non-hydrogen) atoms. The summed E-state index contributed by atoms with van der Waals surface area (Å²) >= 11 is 0. The maximum atomic E-state index is 11.2. The lowest BCUT2D eigenvalue weighted by Crippen LogP contribution is -2.17. The van der Waals surface area contributed by atoms with Gasteiger partial charge in [-0.05, 0) is 18.6 Å². The number of ether oxygens (including phenoxy) is 1. The SMILES string of the molecule is COCC(=O)Nc1ccc(C)cc1[N+](=O)[O-]. The summed E-state index contributed by atoms with van der Waals surface area (Å²) in [4.78, 5) is 21.4. The van der Waals surface area contributed by atoms with Gasteiger partial charge in [0, 0.05) is 13.2 Å². The van der Waals surface area contributed by atoms with Crippen LogP contribution in [0.5, 0.6) is 0 Å². The maximum absolute atomic E-state index is 11.2. The second kappa shape index (κ2) is 5.22. The number of aryl methyl sites for hydroxylation is 1. The van der Waals surface area contributed by atoms with Crippen molar-refractivity contribution >= 4 is 17.3 Å². The minimum atomic E-state index is -0.532. The van der Waals surface area contributed by atoms with Gasteiger partial charge in [0.1, 0.15) is 12.3 Å². The molecule has 0 aromatic heterocycles. The number of carbonyl (C=O) groups is 1. The van der Waals surface area contributed by atoms with Crippen molar-refractivity contribution in [2.75, 3.05) is 19.0 Å². The van der Waals surface area contributed by atoms with Gasteiger partial charge in [-0.15, -0.1) is 0 Å². The fourth-order valence-corrected chi connectivity index (χ4v) is 1.22. The Kier molecular flexibility index (Phi) is 3.96. The topological polar surface area (TPSA) is 81.5 Å². The van der Waals surface area contributed by atoms with E-state index in [1.807, 2.05) is 0 Å². The Morgan fingerprint density at radius 2 is 2.25 bits per heavy atom. The van der Waals surface area contributed by atoms with Gasteiger partial charge < -0.3 is 10.1 Å². The summed E-state index contributed by atoms with van der Waals surface area (Å²) in [6, 6.07) is 4.60. The largest absolute Gasteiger partial charge is 0.375 e. The van der Waals surface area contributed by atoms with E-state index in [0.29, 0.717) is 0 Å². The number of carbonyl (C=O) groups excluding carboxylic acids is 1. The van der Waals surface area contributed by atoms with Gasteiger partial charge in [-0.3, -0.25) is 14.9 Å². The van der Waals surface area contributed by atoms with E-state index >= 15 is 0 Å². The van der Waals surface area contributed by atoms with Crippen molar-refractivity contribution in [1.29, 1.82) is 0 Å². The second-order valence-corrected chi connectivity index (χ2v) is 3.26. The van der Waals surface area contributed by atoms with Crippen LogP contribution in [-0.2, 0) is 9.53 Å². The second-order valence-electron chi connectivity index (χ2n) is 3.26. The molecule has 1 rings (SSSR count). The smallest absolute Gasteiger partial charge is 0.293 e. The van der Waals surface area contributed by atoms with Crippen molar-refractivity contribution in [2.45, 2.75) is 6.92 Å². The summed E-state index contributed by atoms with van der Waals surface area (Å²) < 4.78 is 4.62. The van der Waals surface area contributed by atoms with E-state index < -0.39 is 10.8 Å². The Morgan fingerprint density at radius 1 is 1.56 bits per heavy atom. The first-order valence-electron chi connectivity index (χ1n) is 4.58. The lowest BCUT2D eigenvalue weighted by Gasteiger charge is -2.05. The highest BCUT2D eigenvalue weighted by Gasteiger charge is 2.15. The highest BCUT2D eigenvalue weighted by atomic mass is 16.6. The monoisotopic (exact) mass is 224 g/mol. The Bertz CT molecular complexity index is 417. The maximum Gasteiger partial charge on any atom is 0.293 e. The number of methoxy groups -OCH3 is 1. The third kappa shape index (κ3) is 3.03. The summed E-state index contributed by atoms with van der Waals surface area (Å²) in [5, 5.41) is 13.2. The Balaban J connectivity index is 2.95. The van der Waals surface area contributed by atoms with Crippen LogP contribution in [0.3, 0.4) is 0 Å². The van der Waals surface area contributed by atoms with E-state index in [2.05, 4.69) is 10.1 Å². The van der Waals surface area contributed by atoms with Crippen LogP contribution in [0.1, 0.15) is 5.56 Å². The Labute approximate surface area is 92.4 Å². The molecule has 1 N–H and O–H groups in total. The molecule has 0 bridgehead atoms. The lowest BCUT2D eigenvalue weighted by molar-refractivity contribution is -0.384. The van der Waals surface area contributed by atoms with E-state index in [1.54, 1.807) is 13.0 Å². The molecule has 1 aromatic rings. The van der Waals surface area contributed by atoms with Crippen molar-refractivity contribution in [3.63, 3.8) is 0 Å². The average Bonchev–Trinajstić information content (AvgIpc) is 2.20. The molecule has 0 saturated heterocycles. The van der Waals surface area contributed by atoms with Crippen LogP contribution in [-0.4, -0.2) is 24.5 Å². The molecular weight excluding hydrogens is 212 g/mol. The molecule has 6 heteroatoms. The number of rotatable bonds is 4. The molecule has 1 amide bonds. The fourth-order valence-electron chi connectivity index (χ4n) is 1.22. The number of nitro groups is 1. The first kappa shape index (κ1) is 12.1. The third-order valence-electron chi connectivity index (χ3n) is 1.90. The minimum absolute atomic E-state index is 0.121. The number of anilines is 1. The van der Waals surface area contributed by atoms with Gasteiger partial charge in [0.05, 0.1) is 4.92 Å². The number of hydrogen-bond acceptors (Lipinski definition) is 4.